The predicted octanol–water partition coefficient (Wildman–Crippen LogP) is 1.76. The number of hydrogen-bond donors (Lipinski definition) is 2. The molecule has 8 heteroatoms. The van der Waals surface area contributed by atoms with Crippen LogP contribution in [0.5, 0.6) is 11.5 Å². The SMILES string of the molecule is CCOc1ccc(CC(=O)Nc2cn(C)nc2C(=O)NC)cc1OCC. The van der Waals surface area contributed by atoms with Gasteiger partial charge < -0.3 is 20.1 Å². The van der Waals surface area contributed by atoms with Crippen molar-refractivity contribution in [1.29, 1.82) is 0 Å². The van der Waals surface area contributed by atoms with E-state index in [1.54, 1.807) is 25.4 Å². The van der Waals surface area contributed by atoms with E-state index in [-0.39, 0.29) is 23.9 Å². The van der Waals surface area contributed by atoms with Crippen LogP contribution < -0.4 is 20.1 Å². The third-order valence-corrected chi connectivity index (χ3v) is 3.52. The quantitative estimate of drug-likeness (QED) is 0.748. The fourth-order valence-corrected chi connectivity index (χ4v) is 2.45. The summed E-state index contributed by atoms with van der Waals surface area (Å²) in [6, 6.07) is 5.39. The Morgan fingerprint density at radius 3 is 2.50 bits per heavy atom. The molecule has 26 heavy (non-hydrogen) atoms. The summed E-state index contributed by atoms with van der Waals surface area (Å²) in [4.78, 5) is 24.2. The first kappa shape index (κ1) is 19.3. The number of nitrogens with zero attached hydrogens (tertiary/aromatic N) is 2. The Morgan fingerprint density at radius 1 is 1.15 bits per heavy atom. The highest BCUT2D eigenvalue weighted by atomic mass is 16.5. The third-order valence-electron chi connectivity index (χ3n) is 3.52. The summed E-state index contributed by atoms with van der Waals surface area (Å²) in [6.07, 6.45) is 1.72. The Bertz CT molecular complexity index is 785. The minimum Gasteiger partial charge on any atom is -0.490 e. The second kappa shape index (κ2) is 8.89. The van der Waals surface area contributed by atoms with Crippen molar-refractivity contribution in [3.8, 4) is 11.5 Å². The number of aryl methyl sites for hydroxylation is 1. The normalized spacial score (nSPS) is 10.3. The lowest BCUT2D eigenvalue weighted by Gasteiger charge is -2.12. The van der Waals surface area contributed by atoms with E-state index < -0.39 is 0 Å². The van der Waals surface area contributed by atoms with Gasteiger partial charge in [0.1, 0.15) is 0 Å². The topological polar surface area (TPSA) is 94.5 Å². The molecule has 2 aromatic rings. The van der Waals surface area contributed by atoms with E-state index in [2.05, 4.69) is 15.7 Å². The Kier molecular flexibility index (Phi) is 6.60. The highest BCUT2D eigenvalue weighted by Gasteiger charge is 2.17. The summed E-state index contributed by atoms with van der Waals surface area (Å²) in [5.41, 5.74) is 1.32. The molecule has 140 valence electrons. The molecule has 1 heterocycles. The number of anilines is 1. The molecule has 0 fully saturated rings. The molecule has 8 nitrogen and oxygen atoms in total. The molecule has 0 unspecified atom stereocenters. The fourth-order valence-electron chi connectivity index (χ4n) is 2.45. The van der Waals surface area contributed by atoms with Crippen molar-refractivity contribution in [3.63, 3.8) is 0 Å². The zero-order valence-electron chi connectivity index (χ0n) is 15.5. The van der Waals surface area contributed by atoms with Gasteiger partial charge in [0.25, 0.3) is 5.91 Å². The zero-order chi connectivity index (χ0) is 19.1. The Labute approximate surface area is 152 Å². The molecule has 0 atom stereocenters. The molecule has 0 aliphatic carbocycles. The van der Waals surface area contributed by atoms with Gasteiger partial charge in [-0.05, 0) is 31.5 Å². The summed E-state index contributed by atoms with van der Waals surface area (Å²) in [5, 5.41) is 9.30. The van der Waals surface area contributed by atoms with Crippen molar-refractivity contribution in [2.24, 2.45) is 7.05 Å². The number of benzene rings is 1. The molecule has 2 N–H and O–H groups in total. The Morgan fingerprint density at radius 2 is 1.85 bits per heavy atom. The number of aromatic nitrogens is 2. The largest absolute Gasteiger partial charge is 0.490 e. The smallest absolute Gasteiger partial charge is 0.273 e. The first-order chi connectivity index (χ1) is 12.5. The maximum atomic E-state index is 12.4. The second-order valence-electron chi connectivity index (χ2n) is 5.52. The maximum absolute atomic E-state index is 12.4. The first-order valence-electron chi connectivity index (χ1n) is 8.42. The van der Waals surface area contributed by atoms with Crippen LogP contribution in [0.1, 0.15) is 29.9 Å². The molecule has 1 aromatic carbocycles. The first-order valence-corrected chi connectivity index (χ1v) is 8.42. The second-order valence-corrected chi connectivity index (χ2v) is 5.52. The van der Waals surface area contributed by atoms with Gasteiger partial charge in [0, 0.05) is 20.3 Å². The van der Waals surface area contributed by atoms with E-state index in [0.717, 1.165) is 5.56 Å². The van der Waals surface area contributed by atoms with Crippen LogP contribution in [0, 0.1) is 0 Å². The Balaban J connectivity index is 2.13. The molecule has 0 radical (unpaired) electrons. The van der Waals surface area contributed by atoms with Gasteiger partial charge >= 0.3 is 0 Å². The van der Waals surface area contributed by atoms with Crippen molar-refractivity contribution in [2.75, 3.05) is 25.6 Å². The lowest BCUT2D eigenvalue weighted by atomic mass is 10.1. The van der Waals surface area contributed by atoms with Crippen molar-refractivity contribution in [3.05, 3.63) is 35.7 Å². The van der Waals surface area contributed by atoms with E-state index in [1.165, 1.54) is 11.7 Å². The molecule has 1 aromatic heterocycles. The number of carbonyl (C=O) groups excluding carboxylic acids is 2. The van der Waals surface area contributed by atoms with Gasteiger partial charge in [-0.15, -0.1) is 0 Å². The number of rotatable bonds is 8. The average Bonchev–Trinajstić information content (AvgIpc) is 2.97. The number of nitrogens with one attached hydrogen (secondary N) is 2. The van der Waals surface area contributed by atoms with Crippen LogP contribution in [0.3, 0.4) is 0 Å². The predicted molar refractivity (Wildman–Crippen MR) is 97.7 cm³/mol. The number of amides is 2. The molecule has 2 rings (SSSR count). The van der Waals surface area contributed by atoms with Gasteiger partial charge in [0.05, 0.1) is 25.3 Å². The number of carbonyl (C=O) groups is 2. The summed E-state index contributed by atoms with van der Waals surface area (Å²) < 4.78 is 12.6. The van der Waals surface area contributed by atoms with Gasteiger partial charge in [0.2, 0.25) is 5.91 Å². The van der Waals surface area contributed by atoms with Gasteiger partial charge in [-0.1, -0.05) is 6.07 Å². The summed E-state index contributed by atoms with van der Waals surface area (Å²) in [5.74, 6) is 0.634. The molecule has 2 amide bonds. The average molecular weight is 360 g/mol. The lowest BCUT2D eigenvalue weighted by Crippen LogP contribution is -2.22. The summed E-state index contributed by atoms with van der Waals surface area (Å²) >= 11 is 0. The van der Waals surface area contributed by atoms with E-state index in [4.69, 9.17) is 9.47 Å². The lowest BCUT2D eigenvalue weighted by molar-refractivity contribution is -0.115. The molecule has 0 saturated carbocycles. The van der Waals surface area contributed by atoms with Crippen LogP contribution >= 0.6 is 0 Å². The van der Waals surface area contributed by atoms with Crippen LogP contribution in [0.25, 0.3) is 0 Å². The van der Waals surface area contributed by atoms with Crippen LogP contribution in [0.2, 0.25) is 0 Å². The minimum absolute atomic E-state index is 0.133. The van der Waals surface area contributed by atoms with Crippen molar-refractivity contribution in [2.45, 2.75) is 20.3 Å². The highest BCUT2D eigenvalue weighted by Crippen LogP contribution is 2.28. The van der Waals surface area contributed by atoms with Gasteiger partial charge in [-0.3, -0.25) is 14.3 Å². The molecule has 0 saturated heterocycles. The zero-order valence-corrected chi connectivity index (χ0v) is 15.5. The van der Waals surface area contributed by atoms with Crippen molar-refractivity contribution >= 4 is 17.5 Å². The molecule has 0 aliphatic rings. The molecule has 0 aliphatic heterocycles. The third kappa shape index (κ3) is 4.75. The van der Waals surface area contributed by atoms with Crippen LogP contribution in [-0.4, -0.2) is 41.9 Å². The van der Waals surface area contributed by atoms with E-state index in [9.17, 15) is 9.59 Å². The van der Waals surface area contributed by atoms with E-state index in [0.29, 0.717) is 30.4 Å². The van der Waals surface area contributed by atoms with Crippen LogP contribution in [0.4, 0.5) is 5.69 Å². The van der Waals surface area contributed by atoms with Gasteiger partial charge in [-0.25, -0.2) is 0 Å². The van der Waals surface area contributed by atoms with E-state index >= 15 is 0 Å². The van der Waals surface area contributed by atoms with Crippen LogP contribution in [0.15, 0.2) is 24.4 Å². The number of hydrogen-bond acceptors (Lipinski definition) is 5. The summed E-state index contributed by atoms with van der Waals surface area (Å²) in [6.45, 7) is 4.82. The molecular weight excluding hydrogens is 336 g/mol. The van der Waals surface area contributed by atoms with Crippen molar-refractivity contribution < 1.29 is 19.1 Å². The molecule has 0 spiro atoms. The fraction of sp³-hybridized carbons (Fsp3) is 0.389. The van der Waals surface area contributed by atoms with Crippen LogP contribution in [-0.2, 0) is 18.3 Å². The monoisotopic (exact) mass is 360 g/mol. The molecule has 0 bridgehead atoms. The minimum atomic E-state index is -0.361. The maximum Gasteiger partial charge on any atom is 0.273 e. The van der Waals surface area contributed by atoms with Crippen molar-refractivity contribution in [1.82, 2.24) is 15.1 Å². The summed E-state index contributed by atoms with van der Waals surface area (Å²) in [7, 11) is 3.20. The standard InChI is InChI=1S/C18H24N4O4/c1-5-25-14-8-7-12(9-15(14)26-6-2)10-16(23)20-13-11-22(4)21-17(13)18(24)19-3/h7-9,11H,5-6,10H2,1-4H3,(H,19,24)(H,20,23). The highest BCUT2D eigenvalue weighted by molar-refractivity contribution is 6.02. The van der Waals surface area contributed by atoms with Gasteiger partial charge in [-0.2, -0.15) is 5.10 Å². The Hall–Kier alpha value is -3.03. The van der Waals surface area contributed by atoms with Gasteiger partial charge in [0.15, 0.2) is 17.2 Å². The molecular formula is C18H24N4O4. The number of ether oxygens (including phenoxy) is 2. The van der Waals surface area contributed by atoms with E-state index in [1.807, 2.05) is 19.9 Å².